The van der Waals surface area contributed by atoms with Crippen LogP contribution in [0.4, 0.5) is 0 Å². The Morgan fingerprint density at radius 3 is 1.89 bits per heavy atom. The minimum atomic E-state index is -1.06. The number of rotatable bonds is 12. The lowest BCUT2D eigenvalue weighted by Crippen LogP contribution is -2.22. The number of carbonyl (C=O) groups is 2. The predicted octanol–water partition coefficient (Wildman–Crippen LogP) is 4.73. The summed E-state index contributed by atoms with van der Waals surface area (Å²) < 4.78 is 24.3. The van der Waals surface area contributed by atoms with Gasteiger partial charge in [0.25, 0.3) is 0 Å². The molecule has 0 saturated carbocycles. The summed E-state index contributed by atoms with van der Waals surface area (Å²) >= 11 is 3.28. The number of methoxy groups -OCH3 is 2. The Balaban J connectivity index is 0.000000351. The van der Waals surface area contributed by atoms with Crippen molar-refractivity contribution in [2.45, 2.75) is 64.8 Å². The molecule has 2 heterocycles. The van der Waals surface area contributed by atoms with E-state index in [0.717, 1.165) is 25.3 Å². The van der Waals surface area contributed by atoms with Crippen LogP contribution in [-0.4, -0.2) is 74.6 Å². The van der Waals surface area contributed by atoms with Gasteiger partial charge in [0, 0.05) is 41.8 Å². The summed E-state index contributed by atoms with van der Waals surface area (Å²) in [4.78, 5) is 30.4. The number of nitrogens with zero attached hydrogens (tertiary/aromatic N) is 4. The number of hydrogen-bond acceptors (Lipinski definition) is 8. The largest absolute Gasteiger partial charge is 0.464 e. The molecule has 0 radical (unpaired) electrons. The molecule has 198 valence electrons. The highest BCUT2D eigenvalue weighted by Gasteiger charge is 2.15. The zero-order chi connectivity index (χ0) is 26.6. The van der Waals surface area contributed by atoms with E-state index >= 15 is 0 Å². The lowest BCUT2D eigenvalue weighted by Gasteiger charge is -2.15. The average Bonchev–Trinajstić information content (AvgIpc) is 3.39. The Morgan fingerprint density at radius 2 is 1.37 bits per heavy atom. The minimum absolute atomic E-state index is 0.276. The fourth-order valence-electron chi connectivity index (χ4n) is 2.42. The van der Waals surface area contributed by atoms with Crippen molar-refractivity contribution < 1.29 is 28.5 Å². The van der Waals surface area contributed by atoms with Crippen LogP contribution in [0.5, 0.6) is 0 Å². The van der Waals surface area contributed by atoms with Gasteiger partial charge in [0.2, 0.25) is 0 Å². The van der Waals surface area contributed by atoms with E-state index in [1.165, 1.54) is 14.2 Å². The number of ether oxygens (including phenoxy) is 4. The molecular weight excluding hydrogens is 552 g/mol. The molecule has 10 nitrogen and oxygen atoms in total. The molecular formula is C22H39BrN4O6Si2. The lowest BCUT2D eigenvalue weighted by molar-refractivity contribution is 0.0584. The van der Waals surface area contributed by atoms with Gasteiger partial charge in [0.05, 0.1) is 20.5 Å². The van der Waals surface area contributed by atoms with E-state index in [-0.39, 0.29) is 5.69 Å². The van der Waals surface area contributed by atoms with Crippen molar-refractivity contribution >= 4 is 44.0 Å². The summed E-state index contributed by atoms with van der Waals surface area (Å²) in [6.07, 6.45) is 4.81. The Morgan fingerprint density at radius 1 is 0.857 bits per heavy atom. The maximum absolute atomic E-state index is 11.3. The molecule has 0 unspecified atom stereocenters. The summed E-state index contributed by atoms with van der Waals surface area (Å²) in [5.74, 6) is -0.873. The zero-order valence-corrected chi connectivity index (χ0v) is 25.7. The molecule has 0 fully saturated rings. The van der Waals surface area contributed by atoms with E-state index in [1.807, 2.05) is 0 Å². The molecule has 0 aliphatic rings. The topological polar surface area (TPSA) is 107 Å². The molecule has 13 heteroatoms. The van der Waals surface area contributed by atoms with E-state index in [2.05, 4.69) is 74.7 Å². The van der Waals surface area contributed by atoms with Crippen LogP contribution in [0.15, 0.2) is 23.5 Å². The second-order valence-electron chi connectivity index (χ2n) is 10.3. The average molecular weight is 592 g/mol. The highest BCUT2D eigenvalue weighted by molar-refractivity contribution is 9.10. The van der Waals surface area contributed by atoms with E-state index in [1.54, 1.807) is 27.9 Å². The third-order valence-electron chi connectivity index (χ3n) is 4.61. The highest BCUT2D eigenvalue weighted by Crippen LogP contribution is 2.13. The SMILES string of the molecule is COC(=O)c1cn(COCC[Si](C)(C)C)c(Br)n1.COC(=O)c1cn(COCC[Si](C)(C)C)cn1. The van der Waals surface area contributed by atoms with Gasteiger partial charge in [-0.15, -0.1) is 0 Å². The van der Waals surface area contributed by atoms with Crippen molar-refractivity contribution in [3.63, 3.8) is 0 Å². The van der Waals surface area contributed by atoms with Crippen LogP contribution in [0.3, 0.4) is 0 Å². The lowest BCUT2D eigenvalue weighted by atomic mass is 10.5. The van der Waals surface area contributed by atoms with Crippen molar-refractivity contribution in [3.05, 3.63) is 34.8 Å². The second kappa shape index (κ2) is 14.7. The predicted molar refractivity (Wildman–Crippen MR) is 143 cm³/mol. The van der Waals surface area contributed by atoms with Crippen LogP contribution >= 0.6 is 15.9 Å². The van der Waals surface area contributed by atoms with Gasteiger partial charge in [-0.05, 0) is 28.0 Å². The molecule has 35 heavy (non-hydrogen) atoms. The Labute approximate surface area is 218 Å². The van der Waals surface area contributed by atoms with Gasteiger partial charge >= 0.3 is 11.9 Å². The van der Waals surface area contributed by atoms with E-state index in [0.29, 0.717) is 23.9 Å². The molecule has 0 bridgehead atoms. The quantitative estimate of drug-likeness (QED) is 0.198. The van der Waals surface area contributed by atoms with Gasteiger partial charge in [-0.2, -0.15) is 0 Å². The molecule has 0 atom stereocenters. The molecule has 0 aliphatic carbocycles. The molecule has 2 rings (SSSR count). The summed E-state index contributed by atoms with van der Waals surface area (Å²) in [5, 5.41) is 0. The van der Waals surface area contributed by atoms with Gasteiger partial charge in [-0.3, -0.25) is 0 Å². The smallest absolute Gasteiger partial charge is 0.358 e. The Hall–Kier alpha value is -1.81. The third kappa shape index (κ3) is 13.2. The fourth-order valence-corrected chi connectivity index (χ4v) is 4.33. The third-order valence-corrected chi connectivity index (χ3v) is 8.65. The minimum Gasteiger partial charge on any atom is -0.464 e. The molecule has 2 aromatic heterocycles. The van der Waals surface area contributed by atoms with Crippen LogP contribution in [0.25, 0.3) is 0 Å². The van der Waals surface area contributed by atoms with Gasteiger partial charge in [-0.25, -0.2) is 19.6 Å². The van der Waals surface area contributed by atoms with E-state index in [9.17, 15) is 9.59 Å². The highest BCUT2D eigenvalue weighted by atomic mass is 79.9. The number of imidazole rings is 2. The van der Waals surface area contributed by atoms with Crippen LogP contribution in [0, 0.1) is 0 Å². The second-order valence-corrected chi connectivity index (χ2v) is 22.3. The van der Waals surface area contributed by atoms with Gasteiger partial charge in [0.15, 0.2) is 16.1 Å². The van der Waals surface area contributed by atoms with Crippen LogP contribution in [0.2, 0.25) is 51.4 Å². The first-order chi connectivity index (χ1) is 16.3. The fraction of sp³-hybridized carbons (Fsp3) is 0.636. The molecule has 0 spiro atoms. The van der Waals surface area contributed by atoms with Crippen LogP contribution in [0.1, 0.15) is 21.0 Å². The van der Waals surface area contributed by atoms with Crippen molar-refractivity contribution in [2.75, 3.05) is 27.4 Å². The van der Waals surface area contributed by atoms with Crippen molar-refractivity contribution in [1.29, 1.82) is 0 Å². The number of halogens is 1. The number of esters is 2. The molecule has 0 aromatic carbocycles. The summed E-state index contributed by atoms with van der Waals surface area (Å²) in [6, 6.07) is 2.24. The van der Waals surface area contributed by atoms with Crippen LogP contribution < -0.4 is 0 Å². The van der Waals surface area contributed by atoms with Crippen molar-refractivity contribution in [2.24, 2.45) is 0 Å². The standard InChI is InChI=1S/C11H19BrN2O3Si.C11H20N2O3Si/c1-16-10(15)9-7-14(11(12)13-9)8-17-5-6-18(2,3)4;1-15-11(14)10-7-13(8-12-10)9-16-5-6-17(2,3)4/h7H,5-6,8H2,1-4H3;7-8H,5-6,9H2,1-4H3. The number of hydrogen-bond donors (Lipinski definition) is 0. The first-order valence-corrected chi connectivity index (χ1v) is 19.5. The number of carbonyl (C=O) groups excluding carboxylic acids is 2. The van der Waals surface area contributed by atoms with Gasteiger partial charge < -0.3 is 28.1 Å². The van der Waals surface area contributed by atoms with E-state index < -0.39 is 28.1 Å². The molecule has 0 aliphatic heterocycles. The molecule has 2 aromatic rings. The molecule has 0 N–H and O–H groups in total. The van der Waals surface area contributed by atoms with Crippen LogP contribution in [-0.2, 0) is 32.4 Å². The van der Waals surface area contributed by atoms with Gasteiger partial charge in [0.1, 0.15) is 13.5 Å². The zero-order valence-electron chi connectivity index (χ0n) is 22.1. The Bertz CT molecular complexity index is 937. The summed E-state index contributed by atoms with van der Waals surface area (Å²) in [5.41, 5.74) is 0.583. The number of aromatic nitrogens is 4. The van der Waals surface area contributed by atoms with Crippen molar-refractivity contribution in [1.82, 2.24) is 19.1 Å². The maximum atomic E-state index is 11.3. The van der Waals surface area contributed by atoms with E-state index in [4.69, 9.17) is 9.47 Å². The first-order valence-electron chi connectivity index (χ1n) is 11.3. The monoisotopic (exact) mass is 590 g/mol. The molecule has 0 amide bonds. The Kier molecular flexibility index (Phi) is 13.1. The summed E-state index contributed by atoms with van der Waals surface area (Å²) in [7, 11) is 0.571. The normalized spacial score (nSPS) is 11.6. The maximum Gasteiger partial charge on any atom is 0.358 e. The van der Waals surface area contributed by atoms with Crippen molar-refractivity contribution in [3.8, 4) is 0 Å². The molecule has 0 saturated heterocycles. The first kappa shape index (κ1) is 31.2. The van der Waals surface area contributed by atoms with Gasteiger partial charge in [-0.1, -0.05) is 39.3 Å². The summed E-state index contributed by atoms with van der Waals surface area (Å²) in [6.45, 7) is 16.1.